The molecule has 0 unspecified atom stereocenters. The standard InChI is InChI=1S/C16H20N6S/c1-9-6-17-16(21-14(9)13-7-18-22(5)8-13)19-10(2)15-11(3)23-12(4)20-15/h6-8,10H,1-5H3,(H,17,19,21)/t10-/m1/s1. The molecule has 0 aliphatic heterocycles. The summed E-state index contributed by atoms with van der Waals surface area (Å²) in [5.74, 6) is 0.604. The van der Waals surface area contributed by atoms with E-state index < -0.39 is 0 Å². The molecule has 7 heteroatoms. The van der Waals surface area contributed by atoms with Crippen molar-refractivity contribution in [2.45, 2.75) is 33.7 Å². The van der Waals surface area contributed by atoms with Crippen molar-refractivity contribution in [2.75, 3.05) is 5.32 Å². The summed E-state index contributed by atoms with van der Waals surface area (Å²) in [4.78, 5) is 14.9. The molecule has 0 aromatic carbocycles. The van der Waals surface area contributed by atoms with Crippen LogP contribution in [0.15, 0.2) is 18.6 Å². The van der Waals surface area contributed by atoms with Gasteiger partial charge in [0.1, 0.15) is 0 Å². The van der Waals surface area contributed by atoms with Crippen molar-refractivity contribution >= 4 is 17.3 Å². The molecule has 0 fully saturated rings. The minimum atomic E-state index is 0.0596. The van der Waals surface area contributed by atoms with Gasteiger partial charge < -0.3 is 5.32 Å². The molecular weight excluding hydrogens is 308 g/mol. The van der Waals surface area contributed by atoms with Gasteiger partial charge in [0.05, 0.1) is 28.6 Å². The fraction of sp³-hybridized carbons (Fsp3) is 0.375. The molecule has 6 nitrogen and oxygen atoms in total. The van der Waals surface area contributed by atoms with Crippen molar-refractivity contribution in [3.63, 3.8) is 0 Å². The van der Waals surface area contributed by atoms with Crippen molar-refractivity contribution in [3.8, 4) is 11.3 Å². The zero-order valence-corrected chi connectivity index (χ0v) is 14.8. The van der Waals surface area contributed by atoms with Gasteiger partial charge in [0.15, 0.2) is 0 Å². The largest absolute Gasteiger partial charge is 0.346 e. The second-order valence-electron chi connectivity index (χ2n) is 5.67. The van der Waals surface area contributed by atoms with E-state index in [0.717, 1.165) is 27.5 Å². The molecule has 1 N–H and O–H groups in total. The first-order chi connectivity index (χ1) is 10.9. The minimum Gasteiger partial charge on any atom is -0.346 e. The van der Waals surface area contributed by atoms with Crippen LogP contribution in [-0.2, 0) is 7.05 Å². The van der Waals surface area contributed by atoms with Crippen molar-refractivity contribution in [3.05, 3.63) is 39.7 Å². The molecule has 0 spiro atoms. The van der Waals surface area contributed by atoms with Crippen LogP contribution in [0.1, 0.15) is 34.1 Å². The fourth-order valence-electron chi connectivity index (χ4n) is 2.56. The molecule has 3 rings (SSSR count). The molecule has 0 aliphatic carbocycles. The maximum atomic E-state index is 4.66. The predicted octanol–water partition coefficient (Wildman–Crippen LogP) is 3.43. The highest BCUT2D eigenvalue weighted by atomic mass is 32.1. The van der Waals surface area contributed by atoms with E-state index in [9.17, 15) is 0 Å². The average Bonchev–Trinajstić information content (AvgIpc) is 3.06. The number of anilines is 1. The lowest BCUT2D eigenvalue weighted by molar-refractivity contribution is 0.768. The Kier molecular flexibility index (Phi) is 4.12. The maximum Gasteiger partial charge on any atom is 0.223 e. The lowest BCUT2D eigenvalue weighted by Crippen LogP contribution is -2.11. The monoisotopic (exact) mass is 328 g/mol. The molecule has 0 saturated carbocycles. The topological polar surface area (TPSA) is 68.5 Å². The van der Waals surface area contributed by atoms with Gasteiger partial charge >= 0.3 is 0 Å². The van der Waals surface area contributed by atoms with Crippen molar-refractivity contribution in [2.24, 2.45) is 7.05 Å². The summed E-state index contributed by atoms with van der Waals surface area (Å²) in [5.41, 5.74) is 3.97. The highest BCUT2D eigenvalue weighted by Crippen LogP contribution is 2.26. The zero-order valence-electron chi connectivity index (χ0n) is 14.0. The van der Waals surface area contributed by atoms with Crippen LogP contribution in [-0.4, -0.2) is 24.7 Å². The molecule has 3 aromatic heterocycles. The summed E-state index contributed by atoms with van der Waals surface area (Å²) in [7, 11) is 1.90. The van der Waals surface area contributed by atoms with E-state index in [4.69, 9.17) is 0 Å². The first-order valence-corrected chi connectivity index (χ1v) is 8.29. The highest BCUT2D eigenvalue weighted by molar-refractivity contribution is 7.11. The van der Waals surface area contributed by atoms with Gasteiger partial charge in [0.25, 0.3) is 0 Å². The van der Waals surface area contributed by atoms with Gasteiger partial charge in [-0.2, -0.15) is 5.10 Å². The van der Waals surface area contributed by atoms with Crippen molar-refractivity contribution < 1.29 is 0 Å². The summed E-state index contributed by atoms with van der Waals surface area (Å²) in [6, 6.07) is 0.0596. The molecule has 3 heterocycles. The summed E-state index contributed by atoms with van der Waals surface area (Å²) in [5, 5.41) is 8.64. The number of aromatic nitrogens is 5. The molecule has 0 amide bonds. The summed E-state index contributed by atoms with van der Waals surface area (Å²) >= 11 is 1.71. The Labute approximate surface area is 139 Å². The number of aryl methyl sites for hydroxylation is 4. The number of hydrogen-bond acceptors (Lipinski definition) is 6. The molecule has 0 aliphatic rings. The van der Waals surface area contributed by atoms with E-state index in [1.54, 1.807) is 16.0 Å². The van der Waals surface area contributed by atoms with E-state index in [1.807, 2.05) is 39.5 Å². The normalized spacial score (nSPS) is 12.4. The van der Waals surface area contributed by atoms with Crippen LogP contribution in [0.25, 0.3) is 11.3 Å². The lowest BCUT2D eigenvalue weighted by Gasteiger charge is -2.14. The van der Waals surface area contributed by atoms with E-state index >= 15 is 0 Å². The summed E-state index contributed by atoms with van der Waals surface area (Å²) in [6.07, 6.45) is 5.61. The summed E-state index contributed by atoms with van der Waals surface area (Å²) < 4.78 is 1.77. The number of rotatable bonds is 4. The van der Waals surface area contributed by atoms with E-state index in [-0.39, 0.29) is 6.04 Å². The van der Waals surface area contributed by atoms with Gasteiger partial charge in [-0.1, -0.05) is 0 Å². The third kappa shape index (κ3) is 3.24. The molecule has 0 bridgehead atoms. The van der Waals surface area contributed by atoms with Crippen LogP contribution in [0, 0.1) is 20.8 Å². The van der Waals surface area contributed by atoms with Crippen LogP contribution in [0.3, 0.4) is 0 Å². The van der Waals surface area contributed by atoms with Gasteiger partial charge in [0.2, 0.25) is 5.95 Å². The zero-order chi connectivity index (χ0) is 16.6. The summed E-state index contributed by atoms with van der Waals surface area (Å²) in [6.45, 7) is 8.20. The number of nitrogens with zero attached hydrogens (tertiary/aromatic N) is 5. The number of thiazole rings is 1. The van der Waals surface area contributed by atoms with E-state index in [0.29, 0.717) is 5.95 Å². The van der Waals surface area contributed by atoms with E-state index in [2.05, 4.69) is 39.2 Å². The van der Waals surface area contributed by atoms with Gasteiger partial charge in [-0.25, -0.2) is 15.0 Å². The molecule has 0 saturated heterocycles. The molecule has 120 valence electrons. The molecule has 23 heavy (non-hydrogen) atoms. The van der Waals surface area contributed by atoms with Gasteiger partial charge in [-0.15, -0.1) is 11.3 Å². The third-order valence-electron chi connectivity index (χ3n) is 3.65. The Hall–Kier alpha value is -2.28. The Morgan fingerprint density at radius 3 is 2.57 bits per heavy atom. The van der Waals surface area contributed by atoms with Gasteiger partial charge in [-0.3, -0.25) is 4.68 Å². The smallest absolute Gasteiger partial charge is 0.223 e. The van der Waals surface area contributed by atoms with Gasteiger partial charge in [-0.05, 0) is 33.3 Å². The highest BCUT2D eigenvalue weighted by Gasteiger charge is 2.15. The molecule has 3 aromatic rings. The van der Waals surface area contributed by atoms with Crippen LogP contribution < -0.4 is 5.32 Å². The average molecular weight is 328 g/mol. The molecule has 0 radical (unpaired) electrons. The molecular formula is C16H20N6S. The maximum absolute atomic E-state index is 4.66. The van der Waals surface area contributed by atoms with Crippen molar-refractivity contribution in [1.82, 2.24) is 24.7 Å². The Bertz CT molecular complexity index is 835. The van der Waals surface area contributed by atoms with Gasteiger partial charge in [0, 0.05) is 29.9 Å². The third-order valence-corrected chi connectivity index (χ3v) is 4.55. The minimum absolute atomic E-state index is 0.0596. The number of nitrogens with one attached hydrogen (secondary N) is 1. The Balaban J connectivity index is 1.88. The molecule has 1 atom stereocenters. The lowest BCUT2D eigenvalue weighted by atomic mass is 10.1. The Morgan fingerprint density at radius 2 is 1.96 bits per heavy atom. The first kappa shape index (κ1) is 15.6. The number of hydrogen-bond donors (Lipinski definition) is 1. The Morgan fingerprint density at radius 1 is 1.17 bits per heavy atom. The van der Waals surface area contributed by atoms with Crippen LogP contribution in [0.4, 0.5) is 5.95 Å². The van der Waals surface area contributed by atoms with Crippen molar-refractivity contribution in [1.29, 1.82) is 0 Å². The van der Waals surface area contributed by atoms with Crippen LogP contribution >= 0.6 is 11.3 Å². The fourth-order valence-corrected chi connectivity index (χ4v) is 3.47. The van der Waals surface area contributed by atoms with E-state index in [1.165, 1.54) is 4.88 Å². The second-order valence-corrected chi connectivity index (χ2v) is 7.08. The first-order valence-electron chi connectivity index (χ1n) is 7.47. The SMILES string of the molecule is Cc1nc([C@@H](C)Nc2ncc(C)c(-c3cnn(C)c3)n2)c(C)s1. The van der Waals surface area contributed by atoms with Crippen LogP contribution in [0.5, 0.6) is 0 Å². The second kappa shape index (κ2) is 6.08. The predicted molar refractivity (Wildman–Crippen MR) is 92.6 cm³/mol. The quantitative estimate of drug-likeness (QED) is 0.794. The van der Waals surface area contributed by atoms with Crippen LogP contribution in [0.2, 0.25) is 0 Å².